The maximum absolute atomic E-state index is 14.2. The van der Waals surface area contributed by atoms with Crippen LogP contribution in [0.15, 0.2) is 48.5 Å². The first-order valence-electron chi connectivity index (χ1n) is 10.8. The van der Waals surface area contributed by atoms with E-state index in [2.05, 4.69) is 25.1 Å². The summed E-state index contributed by atoms with van der Waals surface area (Å²) in [4.78, 5) is 11.2. The van der Waals surface area contributed by atoms with Crippen LogP contribution < -0.4 is 5.73 Å². The minimum Gasteiger partial charge on any atom is -0.365 e. The first kappa shape index (κ1) is 20.5. The Kier molecular flexibility index (Phi) is 5.85. The van der Waals surface area contributed by atoms with Crippen LogP contribution >= 0.6 is 0 Å². The molecule has 1 amide bonds. The van der Waals surface area contributed by atoms with E-state index in [9.17, 15) is 13.6 Å². The van der Waals surface area contributed by atoms with Gasteiger partial charge >= 0.3 is 0 Å². The van der Waals surface area contributed by atoms with Gasteiger partial charge in [0, 0.05) is 0 Å². The van der Waals surface area contributed by atoms with Crippen molar-refractivity contribution in [1.29, 1.82) is 0 Å². The van der Waals surface area contributed by atoms with Crippen molar-refractivity contribution in [2.45, 2.75) is 51.4 Å². The monoisotopic (exact) mass is 407 g/mol. The number of carbonyl (C=O) groups excluding carboxylic acids is 1. The fourth-order valence-corrected chi connectivity index (χ4v) is 4.87. The van der Waals surface area contributed by atoms with Gasteiger partial charge in [0.2, 0.25) is 0 Å². The van der Waals surface area contributed by atoms with Crippen molar-refractivity contribution in [2.75, 3.05) is 0 Å². The van der Waals surface area contributed by atoms with Gasteiger partial charge in [-0.3, -0.25) is 4.79 Å². The van der Waals surface area contributed by atoms with E-state index in [0.29, 0.717) is 17.0 Å². The molecular formula is C26H27F2NO. The third kappa shape index (κ3) is 4.09. The van der Waals surface area contributed by atoms with Crippen molar-refractivity contribution in [2.24, 2.45) is 11.7 Å². The number of nitrogens with two attached hydrogens (primary N) is 1. The fraction of sp³-hybridized carbons (Fsp3) is 0.346. The van der Waals surface area contributed by atoms with E-state index in [1.807, 2.05) is 18.2 Å². The van der Waals surface area contributed by atoms with Crippen molar-refractivity contribution in [3.05, 3.63) is 71.3 Å². The molecule has 2 N–H and O–H groups in total. The molecule has 0 heterocycles. The molecule has 4 heteroatoms. The van der Waals surface area contributed by atoms with Gasteiger partial charge in [-0.05, 0) is 83.2 Å². The number of primary amides is 1. The lowest BCUT2D eigenvalue weighted by Gasteiger charge is -2.28. The Hall–Kier alpha value is -2.75. The molecule has 30 heavy (non-hydrogen) atoms. The maximum atomic E-state index is 14.2. The smallest absolute Gasteiger partial charge is 0.254 e. The Morgan fingerprint density at radius 1 is 0.900 bits per heavy atom. The average molecular weight is 408 g/mol. The summed E-state index contributed by atoms with van der Waals surface area (Å²) < 4.78 is 28.3. The molecule has 1 saturated carbocycles. The highest BCUT2D eigenvalue weighted by atomic mass is 19.1. The summed E-state index contributed by atoms with van der Waals surface area (Å²) in [6, 6.07) is 14.6. The highest BCUT2D eigenvalue weighted by Crippen LogP contribution is 2.38. The van der Waals surface area contributed by atoms with Crippen LogP contribution in [0.1, 0.15) is 67.3 Å². The number of carbonyl (C=O) groups is 1. The van der Waals surface area contributed by atoms with E-state index in [1.54, 1.807) is 0 Å². The molecule has 0 aromatic heterocycles. The van der Waals surface area contributed by atoms with Gasteiger partial charge in [0.05, 0.1) is 0 Å². The SMILES string of the molecule is CCCC1CCC(c2ccc3cc(-c4cc(F)c(C(N)=O)c(F)c4)ccc3c2)CC1. The topological polar surface area (TPSA) is 43.1 Å². The molecule has 0 atom stereocenters. The van der Waals surface area contributed by atoms with E-state index >= 15 is 0 Å². The van der Waals surface area contributed by atoms with Crippen molar-refractivity contribution >= 4 is 16.7 Å². The zero-order valence-corrected chi connectivity index (χ0v) is 17.3. The average Bonchev–Trinajstić information content (AvgIpc) is 2.73. The molecule has 2 nitrogen and oxygen atoms in total. The van der Waals surface area contributed by atoms with E-state index in [1.165, 1.54) is 44.1 Å². The Balaban J connectivity index is 1.59. The van der Waals surface area contributed by atoms with Crippen LogP contribution in [0.3, 0.4) is 0 Å². The molecule has 0 bridgehead atoms. The summed E-state index contributed by atoms with van der Waals surface area (Å²) in [7, 11) is 0. The van der Waals surface area contributed by atoms with Crippen molar-refractivity contribution in [1.82, 2.24) is 0 Å². The van der Waals surface area contributed by atoms with Gasteiger partial charge in [-0.25, -0.2) is 8.78 Å². The second-order valence-electron chi connectivity index (χ2n) is 8.51. The van der Waals surface area contributed by atoms with Crippen LogP contribution in [0.25, 0.3) is 21.9 Å². The first-order valence-corrected chi connectivity index (χ1v) is 10.8. The molecule has 156 valence electrons. The van der Waals surface area contributed by atoms with Gasteiger partial charge in [0.1, 0.15) is 17.2 Å². The van der Waals surface area contributed by atoms with Gasteiger partial charge in [0.25, 0.3) is 5.91 Å². The summed E-state index contributed by atoms with van der Waals surface area (Å²) in [6.07, 6.45) is 7.74. The molecule has 0 radical (unpaired) electrons. The lowest BCUT2D eigenvalue weighted by molar-refractivity contribution is 0.0992. The van der Waals surface area contributed by atoms with E-state index in [4.69, 9.17) is 5.73 Å². The van der Waals surface area contributed by atoms with Crippen LogP contribution in [-0.2, 0) is 0 Å². The van der Waals surface area contributed by atoms with Crippen LogP contribution in [0.5, 0.6) is 0 Å². The van der Waals surface area contributed by atoms with Gasteiger partial charge in [0.15, 0.2) is 0 Å². The van der Waals surface area contributed by atoms with Gasteiger partial charge in [-0.1, -0.05) is 50.1 Å². The summed E-state index contributed by atoms with van der Waals surface area (Å²) in [6.45, 7) is 2.26. The Bertz CT molecular complexity index is 1060. The van der Waals surface area contributed by atoms with Crippen molar-refractivity contribution in [3.8, 4) is 11.1 Å². The minimum atomic E-state index is -1.11. The Labute approximate surface area is 176 Å². The standard InChI is InChI=1S/C26H27F2NO/c1-2-3-16-4-6-17(7-5-16)18-8-9-20-13-21(11-10-19(20)12-18)22-14-23(27)25(26(29)30)24(28)15-22/h8-17H,2-7H2,1H3,(H2,29,30). The minimum absolute atomic E-state index is 0.384. The summed E-state index contributed by atoms with van der Waals surface area (Å²) in [5, 5.41) is 2.15. The number of halogens is 2. The summed E-state index contributed by atoms with van der Waals surface area (Å²) >= 11 is 0. The molecule has 1 aliphatic carbocycles. The zero-order valence-electron chi connectivity index (χ0n) is 17.3. The molecule has 1 aliphatic rings. The lowest BCUT2D eigenvalue weighted by Crippen LogP contribution is -2.15. The highest BCUT2D eigenvalue weighted by Gasteiger charge is 2.22. The molecule has 0 saturated heterocycles. The van der Waals surface area contributed by atoms with Gasteiger partial charge in [-0.2, -0.15) is 0 Å². The maximum Gasteiger partial charge on any atom is 0.254 e. The molecule has 4 rings (SSSR count). The quantitative estimate of drug-likeness (QED) is 0.488. The molecule has 0 spiro atoms. The van der Waals surface area contributed by atoms with E-state index in [0.717, 1.165) is 28.8 Å². The van der Waals surface area contributed by atoms with E-state index in [-0.39, 0.29) is 0 Å². The summed E-state index contributed by atoms with van der Waals surface area (Å²) in [5.74, 6) is -1.48. The molecule has 3 aromatic rings. The third-order valence-electron chi connectivity index (χ3n) is 6.50. The van der Waals surface area contributed by atoms with Crippen LogP contribution in [-0.4, -0.2) is 5.91 Å². The van der Waals surface area contributed by atoms with Crippen LogP contribution in [0.4, 0.5) is 8.78 Å². The van der Waals surface area contributed by atoms with Gasteiger partial charge in [-0.15, -0.1) is 0 Å². The lowest BCUT2D eigenvalue weighted by atomic mass is 9.77. The number of hydrogen-bond donors (Lipinski definition) is 1. The normalized spacial score (nSPS) is 19.2. The number of amides is 1. The molecule has 3 aromatic carbocycles. The van der Waals surface area contributed by atoms with Crippen molar-refractivity contribution < 1.29 is 13.6 Å². The second kappa shape index (κ2) is 8.55. The number of rotatable bonds is 5. The third-order valence-corrected chi connectivity index (χ3v) is 6.50. The molecular weight excluding hydrogens is 380 g/mol. The largest absolute Gasteiger partial charge is 0.365 e. The summed E-state index contributed by atoms with van der Waals surface area (Å²) in [5.41, 5.74) is 6.83. The predicted molar refractivity (Wildman–Crippen MR) is 117 cm³/mol. The zero-order chi connectivity index (χ0) is 21.3. The number of benzene rings is 3. The highest BCUT2D eigenvalue weighted by molar-refractivity contribution is 5.94. The molecule has 0 aliphatic heterocycles. The number of hydrogen-bond acceptors (Lipinski definition) is 1. The fourth-order valence-electron chi connectivity index (χ4n) is 4.87. The second-order valence-corrected chi connectivity index (χ2v) is 8.51. The number of fused-ring (bicyclic) bond motifs is 1. The van der Waals surface area contributed by atoms with E-state index < -0.39 is 23.1 Å². The first-order chi connectivity index (χ1) is 14.5. The Morgan fingerprint density at radius 3 is 2.17 bits per heavy atom. The predicted octanol–water partition coefficient (Wildman–Crippen LogP) is 6.96. The molecule has 1 fully saturated rings. The van der Waals surface area contributed by atoms with Crippen LogP contribution in [0.2, 0.25) is 0 Å². The van der Waals surface area contributed by atoms with Crippen LogP contribution in [0, 0.1) is 17.6 Å². The van der Waals surface area contributed by atoms with Gasteiger partial charge < -0.3 is 5.73 Å². The van der Waals surface area contributed by atoms with Crippen molar-refractivity contribution in [3.63, 3.8) is 0 Å². The molecule has 0 unspecified atom stereocenters. The Morgan fingerprint density at radius 2 is 1.53 bits per heavy atom.